The molecule has 0 saturated carbocycles. The van der Waals surface area contributed by atoms with Crippen LogP contribution in [-0.4, -0.2) is 28.8 Å². The summed E-state index contributed by atoms with van der Waals surface area (Å²) in [6.07, 6.45) is 0. The summed E-state index contributed by atoms with van der Waals surface area (Å²) in [6.45, 7) is 6.97. The number of para-hydroxylation sites is 1. The number of aryl methyl sites for hydroxylation is 1. The number of benzene rings is 2. The minimum atomic E-state index is -0.343. The first kappa shape index (κ1) is 20.2. The Morgan fingerprint density at radius 3 is 2.60 bits per heavy atom. The van der Waals surface area contributed by atoms with Crippen LogP contribution >= 0.6 is 0 Å². The number of aromatic nitrogens is 2. The molecule has 4 aromatic rings. The van der Waals surface area contributed by atoms with Crippen LogP contribution in [0.5, 0.6) is 0 Å². The van der Waals surface area contributed by atoms with Crippen LogP contribution in [0.15, 0.2) is 48.5 Å². The molecular formula is C24H26FN3O2. The molecule has 0 bridgehead atoms. The molecule has 2 aromatic heterocycles. The van der Waals surface area contributed by atoms with E-state index >= 15 is 0 Å². The van der Waals surface area contributed by atoms with Gasteiger partial charge in [0.15, 0.2) is 0 Å². The molecule has 4 rings (SSSR count). The van der Waals surface area contributed by atoms with Crippen LogP contribution in [0.1, 0.15) is 35.9 Å². The highest BCUT2D eigenvalue weighted by molar-refractivity contribution is 6.12. The fourth-order valence-electron chi connectivity index (χ4n) is 4.04. The maximum atomic E-state index is 13.9. The van der Waals surface area contributed by atoms with Crippen LogP contribution < -0.4 is 5.32 Å². The van der Waals surface area contributed by atoms with Crippen molar-refractivity contribution in [3.63, 3.8) is 0 Å². The van der Waals surface area contributed by atoms with Gasteiger partial charge in [-0.2, -0.15) is 0 Å². The Balaban J connectivity index is 1.87. The van der Waals surface area contributed by atoms with E-state index in [1.54, 1.807) is 26.2 Å². The molecule has 156 valence electrons. The zero-order valence-corrected chi connectivity index (χ0v) is 17.7. The Kier molecular flexibility index (Phi) is 5.35. The molecule has 0 fully saturated rings. The molecule has 0 saturated heterocycles. The normalized spacial score (nSPS) is 11.7. The number of fused-ring (bicyclic) bond motifs is 3. The van der Waals surface area contributed by atoms with Crippen molar-refractivity contribution in [2.75, 3.05) is 19.0 Å². The Hall–Kier alpha value is -3.12. The lowest BCUT2D eigenvalue weighted by Crippen LogP contribution is -2.18. The summed E-state index contributed by atoms with van der Waals surface area (Å²) >= 11 is 0. The summed E-state index contributed by atoms with van der Waals surface area (Å²) in [6, 6.07) is 15.1. The molecule has 0 aliphatic rings. The molecule has 1 N–H and O–H groups in total. The van der Waals surface area contributed by atoms with Crippen LogP contribution in [0, 0.1) is 12.7 Å². The Morgan fingerprint density at radius 1 is 1.13 bits per heavy atom. The van der Waals surface area contributed by atoms with Crippen LogP contribution in [0.2, 0.25) is 0 Å². The minimum absolute atomic E-state index is 0.229. The number of rotatable bonds is 6. The van der Waals surface area contributed by atoms with E-state index in [1.807, 2.05) is 22.8 Å². The van der Waals surface area contributed by atoms with Crippen molar-refractivity contribution in [1.29, 1.82) is 0 Å². The van der Waals surface area contributed by atoms with E-state index in [9.17, 15) is 9.18 Å². The predicted octanol–water partition coefficient (Wildman–Crippen LogP) is 5.52. The van der Waals surface area contributed by atoms with Gasteiger partial charge in [-0.05, 0) is 50.6 Å². The Bertz CT molecular complexity index is 1240. The molecule has 0 spiro atoms. The van der Waals surface area contributed by atoms with Gasteiger partial charge < -0.3 is 19.2 Å². The molecule has 6 heteroatoms. The van der Waals surface area contributed by atoms with Gasteiger partial charge in [-0.15, -0.1) is 0 Å². The largest absolute Gasteiger partial charge is 0.383 e. The van der Waals surface area contributed by atoms with E-state index in [0.717, 1.165) is 21.9 Å². The minimum Gasteiger partial charge on any atom is -0.383 e. The SMILES string of the molecule is COCCn1c(C(=O)Nc2ccc(C)c(F)c2)cc2c1c1ccccc1n2C(C)C. The first-order valence-corrected chi connectivity index (χ1v) is 10.1. The van der Waals surface area contributed by atoms with Gasteiger partial charge >= 0.3 is 0 Å². The Labute approximate surface area is 175 Å². The summed E-state index contributed by atoms with van der Waals surface area (Å²) in [5.74, 6) is -0.616. The van der Waals surface area contributed by atoms with E-state index in [4.69, 9.17) is 4.74 Å². The fourth-order valence-corrected chi connectivity index (χ4v) is 4.04. The summed E-state index contributed by atoms with van der Waals surface area (Å²) in [4.78, 5) is 13.2. The average Bonchev–Trinajstić information content (AvgIpc) is 3.23. The van der Waals surface area contributed by atoms with E-state index in [2.05, 4.69) is 35.9 Å². The third kappa shape index (κ3) is 3.37. The van der Waals surface area contributed by atoms with Gasteiger partial charge in [0.25, 0.3) is 5.91 Å². The van der Waals surface area contributed by atoms with Gasteiger partial charge in [0.1, 0.15) is 11.5 Å². The van der Waals surface area contributed by atoms with Crippen LogP contribution in [0.4, 0.5) is 10.1 Å². The molecular weight excluding hydrogens is 381 g/mol. The number of methoxy groups -OCH3 is 1. The zero-order chi connectivity index (χ0) is 21.4. The number of hydrogen-bond donors (Lipinski definition) is 1. The quantitative estimate of drug-likeness (QED) is 0.457. The van der Waals surface area contributed by atoms with Crippen molar-refractivity contribution in [1.82, 2.24) is 9.13 Å². The number of nitrogens with zero attached hydrogens (tertiary/aromatic N) is 2. The van der Waals surface area contributed by atoms with Crippen LogP contribution in [-0.2, 0) is 11.3 Å². The third-order valence-electron chi connectivity index (χ3n) is 5.45. The van der Waals surface area contributed by atoms with Gasteiger partial charge in [-0.25, -0.2) is 4.39 Å². The Morgan fingerprint density at radius 2 is 1.90 bits per heavy atom. The predicted molar refractivity (Wildman–Crippen MR) is 119 cm³/mol. The highest BCUT2D eigenvalue weighted by atomic mass is 19.1. The lowest BCUT2D eigenvalue weighted by molar-refractivity contribution is 0.101. The molecule has 0 aliphatic carbocycles. The molecule has 0 radical (unpaired) electrons. The van der Waals surface area contributed by atoms with Gasteiger partial charge in [-0.3, -0.25) is 4.79 Å². The smallest absolute Gasteiger partial charge is 0.272 e. The van der Waals surface area contributed by atoms with Crippen molar-refractivity contribution in [2.24, 2.45) is 0 Å². The van der Waals surface area contributed by atoms with Crippen molar-refractivity contribution in [2.45, 2.75) is 33.4 Å². The highest BCUT2D eigenvalue weighted by Gasteiger charge is 2.22. The second-order valence-corrected chi connectivity index (χ2v) is 7.81. The highest BCUT2D eigenvalue weighted by Crippen LogP contribution is 2.34. The number of nitrogens with one attached hydrogen (secondary N) is 1. The van der Waals surface area contributed by atoms with Crippen molar-refractivity contribution < 1.29 is 13.9 Å². The first-order chi connectivity index (χ1) is 14.4. The van der Waals surface area contributed by atoms with Gasteiger partial charge in [0.2, 0.25) is 0 Å². The number of anilines is 1. The van der Waals surface area contributed by atoms with Crippen LogP contribution in [0.25, 0.3) is 21.9 Å². The van der Waals surface area contributed by atoms with Crippen molar-refractivity contribution in [3.05, 3.63) is 65.6 Å². The number of carbonyl (C=O) groups excluding carboxylic acids is 1. The monoisotopic (exact) mass is 407 g/mol. The average molecular weight is 407 g/mol. The first-order valence-electron chi connectivity index (χ1n) is 10.1. The second-order valence-electron chi connectivity index (χ2n) is 7.81. The van der Waals surface area contributed by atoms with E-state index < -0.39 is 0 Å². The number of halogens is 1. The second kappa shape index (κ2) is 7.95. The maximum absolute atomic E-state index is 13.9. The number of ether oxygens (including phenoxy) is 1. The number of hydrogen-bond acceptors (Lipinski definition) is 2. The number of carbonyl (C=O) groups is 1. The van der Waals surface area contributed by atoms with Crippen LogP contribution in [0.3, 0.4) is 0 Å². The van der Waals surface area contributed by atoms with Crippen molar-refractivity contribution in [3.8, 4) is 0 Å². The van der Waals surface area contributed by atoms with Gasteiger partial charge in [0, 0.05) is 30.8 Å². The number of amides is 1. The fraction of sp³-hybridized carbons (Fsp3) is 0.292. The molecule has 1 amide bonds. The standard InChI is InChI=1S/C24H26FN3O2/c1-15(2)28-20-8-6-5-7-18(20)23-21(28)14-22(27(23)11-12-30-4)24(29)26-17-10-9-16(3)19(25)13-17/h5-10,13-15H,11-12H2,1-4H3,(H,26,29). The lowest BCUT2D eigenvalue weighted by atomic mass is 10.2. The van der Waals surface area contributed by atoms with Gasteiger partial charge in [-0.1, -0.05) is 24.3 Å². The zero-order valence-electron chi connectivity index (χ0n) is 17.7. The molecule has 0 aliphatic heterocycles. The van der Waals surface area contributed by atoms with E-state index in [0.29, 0.717) is 30.1 Å². The topological polar surface area (TPSA) is 48.2 Å². The summed E-state index contributed by atoms with van der Waals surface area (Å²) in [5.41, 5.74) is 4.65. The van der Waals surface area contributed by atoms with E-state index in [1.165, 1.54) is 6.07 Å². The van der Waals surface area contributed by atoms with E-state index in [-0.39, 0.29) is 17.8 Å². The molecule has 0 atom stereocenters. The summed E-state index contributed by atoms with van der Waals surface area (Å²) in [5, 5.41) is 3.94. The molecule has 2 aromatic carbocycles. The maximum Gasteiger partial charge on any atom is 0.272 e. The third-order valence-corrected chi connectivity index (χ3v) is 5.45. The van der Waals surface area contributed by atoms with Gasteiger partial charge in [0.05, 0.1) is 23.2 Å². The summed E-state index contributed by atoms with van der Waals surface area (Å²) < 4.78 is 23.5. The summed E-state index contributed by atoms with van der Waals surface area (Å²) in [7, 11) is 1.65. The molecule has 5 nitrogen and oxygen atoms in total. The molecule has 30 heavy (non-hydrogen) atoms. The molecule has 2 heterocycles. The molecule has 0 unspecified atom stereocenters. The lowest BCUT2D eigenvalue weighted by Gasteiger charge is -2.12. The van der Waals surface area contributed by atoms with Crippen molar-refractivity contribution >= 4 is 33.5 Å².